The normalized spacial score (nSPS) is 16.2. The van der Waals surface area contributed by atoms with Gasteiger partial charge in [0.1, 0.15) is 11.6 Å². The van der Waals surface area contributed by atoms with Gasteiger partial charge >= 0.3 is 0 Å². The molecular weight excluding hydrogens is 384 g/mol. The first-order valence-electron chi connectivity index (χ1n) is 9.76. The number of aromatic nitrogens is 1. The van der Waals surface area contributed by atoms with Crippen LogP contribution in [0.1, 0.15) is 18.4 Å². The number of nitrogens with two attached hydrogens (primary N) is 1. The number of rotatable bonds is 7. The molecule has 0 bridgehead atoms. The highest BCUT2D eigenvalue weighted by Crippen LogP contribution is 2.31. The van der Waals surface area contributed by atoms with Crippen molar-refractivity contribution in [2.75, 3.05) is 19.6 Å². The van der Waals surface area contributed by atoms with Gasteiger partial charge in [-0.25, -0.2) is 4.98 Å². The van der Waals surface area contributed by atoms with Crippen molar-refractivity contribution in [1.82, 2.24) is 9.88 Å². The largest absolute Gasteiger partial charge is 0.431 e. The summed E-state index contributed by atoms with van der Waals surface area (Å²) in [5, 5.41) is 7.37. The summed E-state index contributed by atoms with van der Waals surface area (Å²) in [5.41, 5.74) is 14.9. The van der Waals surface area contributed by atoms with Crippen LogP contribution in [0, 0.1) is 11.4 Å². The molecule has 0 spiro atoms. The van der Waals surface area contributed by atoms with E-state index < -0.39 is 0 Å². The maximum Gasteiger partial charge on any atom is 0.279 e. The van der Waals surface area contributed by atoms with Crippen LogP contribution in [0.5, 0.6) is 10.9 Å². The Labute approximate surface area is 173 Å². The molecule has 0 unspecified atom stereocenters. The summed E-state index contributed by atoms with van der Waals surface area (Å²) >= 11 is 1.56. The highest BCUT2D eigenvalue weighted by Gasteiger charge is 2.21. The number of hydrogen-bond acceptors (Lipinski definition) is 6. The summed E-state index contributed by atoms with van der Waals surface area (Å²) < 4.78 is 7.05. The standard InChI is InChI=1S/C21H24N6OS/c22-20(25-26-23)16-10-13-27(14-11-16)12-9-15-5-7-17(8-6-15)28-21-24-18-3-1-2-4-19(18)29-21/h1-8,16H,9-14H2,(H3,22,23,25). The zero-order chi connectivity index (χ0) is 20.1. The van der Waals surface area contributed by atoms with Gasteiger partial charge in [0.15, 0.2) is 0 Å². The second kappa shape index (κ2) is 9.11. The first-order valence-corrected chi connectivity index (χ1v) is 10.6. The molecule has 0 amide bonds. The third-order valence-corrected chi connectivity index (χ3v) is 6.21. The fraction of sp³-hybridized carbons (Fsp3) is 0.333. The van der Waals surface area contributed by atoms with Crippen LogP contribution in [0.2, 0.25) is 0 Å². The molecule has 29 heavy (non-hydrogen) atoms. The number of thiazole rings is 1. The molecule has 2 aromatic carbocycles. The Kier molecular flexibility index (Phi) is 6.12. The predicted molar refractivity (Wildman–Crippen MR) is 116 cm³/mol. The third-order valence-electron chi connectivity index (χ3n) is 5.29. The van der Waals surface area contributed by atoms with Gasteiger partial charge in [0.05, 0.1) is 10.2 Å². The average molecular weight is 409 g/mol. The second-order valence-electron chi connectivity index (χ2n) is 7.18. The minimum atomic E-state index is 0.249. The minimum absolute atomic E-state index is 0.249. The summed E-state index contributed by atoms with van der Waals surface area (Å²) in [4.78, 5) is 6.97. The minimum Gasteiger partial charge on any atom is -0.431 e. The van der Waals surface area contributed by atoms with Gasteiger partial charge in [-0.1, -0.05) is 40.8 Å². The molecule has 1 saturated heterocycles. The fourth-order valence-electron chi connectivity index (χ4n) is 3.60. The van der Waals surface area contributed by atoms with Crippen LogP contribution in [0.25, 0.3) is 10.2 Å². The molecule has 0 radical (unpaired) electrons. The van der Waals surface area contributed by atoms with Crippen LogP contribution < -0.4 is 10.5 Å². The van der Waals surface area contributed by atoms with Crippen molar-refractivity contribution in [1.29, 1.82) is 5.53 Å². The van der Waals surface area contributed by atoms with Gasteiger partial charge in [0, 0.05) is 12.5 Å². The first kappa shape index (κ1) is 19.5. The topological polar surface area (TPSA) is 100.0 Å². The van der Waals surface area contributed by atoms with Crippen LogP contribution in [0.15, 0.2) is 58.9 Å². The predicted octanol–water partition coefficient (Wildman–Crippen LogP) is 4.65. The Balaban J connectivity index is 1.27. The van der Waals surface area contributed by atoms with Crippen molar-refractivity contribution < 1.29 is 4.74 Å². The van der Waals surface area contributed by atoms with Crippen molar-refractivity contribution in [2.24, 2.45) is 22.0 Å². The lowest BCUT2D eigenvalue weighted by Gasteiger charge is -2.31. The second-order valence-corrected chi connectivity index (χ2v) is 8.18. The highest BCUT2D eigenvalue weighted by molar-refractivity contribution is 7.20. The number of likely N-dealkylation sites (tertiary alicyclic amines) is 1. The van der Waals surface area contributed by atoms with Crippen LogP contribution in [0.4, 0.5) is 0 Å². The molecule has 1 aromatic heterocycles. The van der Waals surface area contributed by atoms with Crippen LogP contribution in [-0.4, -0.2) is 35.4 Å². The maximum absolute atomic E-state index is 6.79. The summed E-state index contributed by atoms with van der Waals surface area (Å²) in [6.45, 7) is 3.01. The van der Waals surface area contributed by atoms with Gasteiger partial charge in [-0.2, -0.15) is 5.53 Å². The van der Waals surface area contributed by atoms with Crippen LogP contribution in [0.3, 0.4) is 0 Å². The van der Waals surface area contributed by atoms with Gasteiger partial charge in [0.2, 0.25) is 0 Å². The molecule has 1 aliphatic rings. The quantitative estimate of drug-likeness (QED) is 0.257. The Morgan fingerprint density at radius 3 is 2.66 bits per heavy atom. The van der Waals surface area contributed by atoms with Crippen LogP contribution >= 0.6 is 11.3 Å². The van der Waals surface area contributed by atoms with Gasteiger partial charge in [-0.3, -0.25) is 0 Å². The zero-order valence-corrected chi connectivity index (χ0v) is 16.9. The molecule has 3 aromatic rings. The van der Waals surface area contributed by atoms with Crippen molar-refractivity contribution in [2.45, 2.75) is 19.3 Å². The molecular formula is C21H24N6OS. The summed E-state index contributed by atoms with van der Waals surface area (Å²) in [6.07, 6.45) is 2.94. The molecule has 3 N–H and O–H groups in total. The van der Waals surface area contributed by atoms with E-state index in [0.717, 1.165) is 54.9 Å². The van der Waals surface area contributed by atoms with E-state index in [0.29, 0.717) is 11.0 Å². The number of fused-ring (bicyclic) bond motifs is 1. The molecule has 8 heteroatoms. The average Bonchev–Trinajstić information content (AvgIpc) is 3.16. The summed E-state index contributed by atoms with van der Waals surface area (Å²) in [7, 11) is 0. The molecule has 7 nitrogen and oxygen atoms in total. The van der Waals surface area contributed by atoms with E-state index in [-0.39, 0.29) is 5.92 Å². The van der Waals surface area contributed by atoms with E-state index in [1.54, 1.807) is 11.3 Å². The number of hydrogen-bond donors (Lipinski definition) is 2. The Hall–Kier alpha value is -2.84. The molecule has 1 aliphatic heterocycles. The van der Waals surface area contributed by atoms with Crippen molar-refractivity contribution in [3.05, 3.63) is 54.1 Å². The Morgan fingerprint density at radius 2 is 1.93 bits per heavy atom. The molecule has 2 heterocycles. The number of nitrogens with zero attached hydrogens (tertiary/aromatic N) is 4. The molecule has 0 atom stereocenters. The van der Waals surface area contributed by atoms with Crippen molar-refractivity contribution in [3.63, 3.8) is 0 Å². The van der Waals surface area contributed by atoms with E-state index in [1.807, 2.05) is 30.3 Å². The summed E-state index contributed by atoms with van der Waals surface area (Å²) in [5.74, 6) is 1.55. The molecule has 150 valence electrons. The number of nitrogens with one attached hydrogen (secondary N) is 1. The number of para-hydroxylation sites is 1. The van der Waals surface area contributed by atoms with Gasteiger partial charge in [0.25, 0.3) is 5.19 Å². The fourth-order valence-corrected chi connectivity index (χ4v) is 4.43. The Morgan fingerprint density at radius 1 is 1.17 bits per heavy atom. The molecule has 4 rings (SSSR count). The van der Waals surface area contributed by atoms with E-state index in [9.17, 15) is 0 Å². The molecule has 0 saturated carbocycles. The Bertz CT molecular complexity index is 959. The number of benzene rings is 2. The number of amidine groups is 1. The lowest BCUT2D eigenvalue weighted by molar-refractivity contribution is 0.211. The zero-order valence-electron chi connectivity index (χ0n) is 16.1. The lowest BCUT2D eigenvalue weighted by atomic mass is 9.95. The van der Waals surface area contributed by atoms with Crippen molar-refractivity contribution >= 4 is 27.4 Å². The number of ether oxygens (including phenoxy) is 1. The van der Waals surface area contributed by atoms with Gasteiger partial charge in [-0.05, 0) is 62.2 Å². The third kappa shape index (κ3) is 4.96. The molecule has 0 aliphatic carbocycles. The van der Waals surface area contributed by atoms with E-state index in [2.05, 4.69) is 38.4 Å². The number of piperidine rings is 1. The van der Waals surface area contributed by atoms with Gasteiger partial charge in [-0.15, -0.1) is 5.10 Å². The van der Waals surface area contributed by atoms with Gasteiger partial charge < -0.3 is 15.4 Å². The first-order chi connectivity index (χ1) is 14.2. The SMILES string of the molecule is N=N/N=C(\N)C1CCN(CCc2ccc(Oc3nc4ccccc4s3)cc2)CC1. The van der Waals surface area contributed by atoms with E-state index in [1.165, 1.54) is 5.56 Å². The maximum atomic E-state index is 6.79. The van der Waals surface area contributed by atoms with E-state index >= 15 is 0 Å². The summed E-state index contributed by atoms with van der Waals surface area (Å²) in [6, 6.07) is 16.3. The molecule has 1 fully saturated rings. The lowest BCUT2D eigenvalue weighted by Crippen LogP contribution is -2.39. The van der Waals surface area contributed by atoms with E-state index in [4.69, 9.17) is 16.0 Å². The van der Waals surface area contributed by atoms with Crippen molar-refractivity contribution in [3.8, 4) is 10.9 Å². The van der Waals surface area contributed by atoms with Crippen LogP contribution in [-0.2, 0) is 6.42 Å². The monoisotopic (exact) mass is 408 g/mol. The smallest absolute Gasteiger partial charge is 0.279 e. The highest BCUT2D eigenvalue weighted by atomic mass is 32.1.